The molecule has 0 heterocycles. The summed E-state index contributed by atoms with van der Waals surface area (Å²) in [4.78, 5) is 24.0. The molecule has 3 aliphatic carbocycles. The average molecular weight is 503 g/mol. The SMILES string of the molecule is C=C(C)[C@@H]1CCC2=C(CC[C@]3(C)[C@@H]([C@@H](CC/C=C(\C)CO)C(=O)O)[C@H](O)C[C@@]23C)[C@@]1(C)CCC(=O)O. The van der Waals surface area contributed by atoms with Crippen molar-refractivity contribution in [2.45, 2.75) is 98.5 Å². The second-order valence-electron chi connectivity index (χ2n) is 12.5. The van der Waals surface area contributed by atoms with Gasteiger partial charge in [0, 0.05) is 12.3 Å². The third kappa shape index (κ3) is 4.71. The van der Waals surface area contributed by atoms with Crippen molar-refractivity contribution in [1.29, 1.82) is 0 Å². The van der Waals surface area contributed by atoms with Crippen molar-refractivity contribution in [1.82, 2.24) is 0 Å². The Morgan fingerprint density at radius 1 is 1.14 bits per heavy atom. The van der Waals surface area contributed by atoms with Gasteiger partial charge in [-0.3, -0.25) is 9.59 Å². The van der Waals surface area contributed by atoms with E-state index in [0.29, 0.717) is 25.7 Å². The van der Waals surface area contributed by atoms with Crippen LogP contribution >= 0.6 is 0 Å². The highest BCUT2D eigenvalue weighted by Crippen LogP contribution is 2.71. The van der Waals surface area contributed by atoms with E-state index < -0.39 is 24.0 Å². The monoisotopic (exact) mass is 502 g/mol. The van der Waals surface area contributed by atoms with E-state index in [0.717, 1.165) is 36.8 Å². The van der Waals surface area contributed by atoms with Gasteiger partial charge >= 0.3 is 11.9 Å². The van der Waals surface area contributed by atoms with Crippen molar-refractivity contribution in [3.63, 3.8) is 0 Å². The number of fused-ring (bicyclic) bond motifs is 2. The van der Waals surface area contributed by atoms with Gasteiger partial charge < -0.3 is 20.4 Å². The zero-order chi connectivity index (χ0) is 27.1. The summed E-state index contributed by atoms with van der Waals surface area (Å²) in [5.41, 5.74) is 3.60. The first kappa shape index (κ1) is 28.6. The van der Waals surface area contributed by atoms with Crippen molar-refractivity contribution in [3.8, 4) is 0 Å². The highest BCUT2D eigenvalue weighted by molar-refractivity contribution is 5.71. The van der Waals surface area contributed by atoms with Gasteiger partial charge in [-0.2, -0.15) is 0 Å². The Balaban J connectivity index is 2.04. The van der Waals surface area contributed by atoms with Crippen molar-refractivity contribution in [2.24, 2.45) is 34.0 Å². The van der Waals surface area contributed by atoms with Gasteiger partial charge in [0.2, 0.25) is 0 Å². The number of rotatable bonds is 10. The van der Waals surface area contributed by atoms with Crippen LogP contribution < -0.4 is 0 Å². The van der Waals surface area contributed by atoms with Crippen LogP contribution in [-0.2, 0) is 9.59 Å². The van der Waals surface area contributed by atoms with Gasteiger partial charge in [-0.25, -0.2) is 0 Å². The lowest BCUT2D eigenvalue weighted by Crippen LogP contribution is -2.49. The summed E-state index contributed by atoms with van der Waals surface area (Å²) in [6.45, 7) is 14.7. The Morgan fingerprint density at radius 2 is 1.81 bits per heavy atom. The number of aliphatic hydroxyl groups is 2. The lowest BCUT2D eigenvalue weighted by atomic mass is 9.47. The van der Waals surface area contributed by atoms with Crippen LogP contribution in [0.1, 0.15) is 92.4 Å². The van der Waals surface area contributed by atoms with E-state index in [2.05, 4.69) is 27.4 Å². The maximum absolute atomic E-state index is 12.5. The summed E-state index contributed by atoms with van der Waals surface area (Å²) in [7, 11) is 0. The number of carbonyl (C=O) groups is 2. The van der Waals surface area contributed by atoms with Gasteiger partial charge in [0.05, 0.1) is 18.6 Å². The van der Waals surface area contributed by atoms with Crippen LogP contribution in [-0.4, -0.2) is 45.1 Å². The van der Waals surface area contributed by atoms with Crippen LogP contribution in [0.25, 0.3) is 0 Å². The van der Waals surface area contributed by atoms with Crippen molar-refractivity contribution < 1.29 is 30.0 Å². The molecule has 1 saturated carbocycles. The molecule has 0 bridgehead atoms. The normalized spacial score (nSPS) is 37.3. The van der Waals surface area contributed by atoms with E-state index in [1.54, 1.807) is 0 Å². The number of carboxylic acid groups (broad SMARTS) is 2. The Bertz CT molecular complexity index is 962. The van der Waals surface area contributed by atoms with E-state index in [4.69, 9.17) is 0 Å². The molecule has 202 valence electrons. The lowest BCUT2D eigenvalue weighted by molar-refractivity contribution is -0.148. The fourth-order valence-electron chi connectivity index (χ4n) is 8.45. The standard InChI is InChI=1S/C30H46O6/c1-18(2)21-10-11-23-22(28(21,4)14-13-25(33)34)12-15-29(5)26(24(32)16-30(23,29)6)20(27(35)36)9-7-8-19(3)17-31/h8,20-21,24,26,31-32H,1,7,9-17H2,2-6H3,(H,33,34)(H,35,36)/b19-8+/t20-,21+,24-,26+,28+,29-,30+/m1/s1. The van der Waals surface area contributed by atoms with Gasteiger partial charge in [-0.05, 0) is 87.4 Å². The van der Waals surface area contributed by atoms with Gasteiger partial charge in [0.15, 0.2) is 0 Å². The maximum atomic E-state index is 12.5. The Kier molecular flexibility index (Phi) is 8.31. The van der Waals surface area contributed by atoms with Crippen molar-refractivity contribution in [3.05, 3.63) is 34.9 Å². The molecule has 3 aliphatic rings. The topological polar surface area (TPSA) is 115 Å². The molecule has 0 saturated heterocycles. The molecule has 0 spiro atoms. The predicted octanol–water partition coefficient (Wildman–Crippen LogP) is 5.75. The molecule has 4 N–H and O–H groups in total. The number of allylic oxidation sites excluding steroid dienone is 4. The first-order valence-electron chi connectivity index (χ1n) is 13.5. The Labute approximate surface area is 216 Å². The first-order valence-corrected chi connectivity index (χ1v) is 13.5. The van der Waals surface area contributed by atoms with Crippen LogP contribution in [0.3, 0.4) is 0 Å². The van der Waals surface area contributed by atoms with Crippen molar-refractivity contribution >= 4 is 11.9 Å². The van der Waals surface area contributed by atoms with E-state index >= 15 is 0 Å². The Hall–Kier alpha value is -1.92. The van der Waals surface area contributed by atoms with Crippen LogP contribution in [0.2, 0.25) is 0 Å². The molecule has 36 heavy (non-hydrogen) atoms. The van der Waals surface area contributed by atoms with Crippen LogP contribution in [0.4, 0.5) is 0 Å². The Morgan fingerprint density at radius 3 is 2.36 bits per heavy atom. The average Bonchev–Trinajstić information content (AvgIpc) is 3.00. The number of hydrogen-bond acceptors (Lipinski definition) is 4. The van der Waals surface area contributed by atoms with Gasteiger partial charge in [0.1, 0.15) is 0 Å². The smallest absolute Gasteiger partial charge is 0.306 e. The quantitative estimate of drug-likeness (QED) is 0.283. The fraction of sp³-hybridized carbons (Fsp3) is 0.733. The van der Waals surface area contributed by atoms with E-state index in [1.165, 1.54) is 11.1 Å². The first-order chi connectivity index (χ1) is 16.7. The summed E-state index contributed by atoms with van der Waals surface area (Å²) >= 11 is 0. The number of hydrogen-bond donors (Lipinski definition) is 4. The molecule has 6 nitrogen and oxygen atoms in total. The van der Waals surface area contributed by atoms with E-state index in [1.807, 2.05) is 19.9 Å². The molecular formula is C30H46O6. The molecule has 1 fully saturated rings. The maximum Gasteiger partial charge on any atom is 0.306 e. The second-order valence-corrected chi connectivity index (χ2v) is 12.5. The van der Waals surface area contributed by atoms with Crippen LogP contribution in [0, 0.1) is 34.0 Å². The second kappa shape index (κ2) is 10.4. The van der Waals surface area contributed by atoms with Crippen LogP contribution in [0.5, 0.6) is 0 Å². The molecule has 0 radical (unpaired) electrons. The molecule has 6 heteroatoms. The largest absolute Gasteiger partial charge is 0.481 e. The third-order valence-electron chi connectivity index (χ3n) is 10.5. The molecule has 0 aliphatic heterocycles. The zero-order valence-corrected chi connectivity index (χ0v) is 22.8. The highest BCUT2D eigenvalue weighted by Gasteiger charge is 2.65. The minimum atomic E-state index is -0.864. The minimum absolute atomic E-state index is 0.0394. The highest BCUT2D eigenvalue weighted by atomic mass is 16.4. The predicted molar refractivity (Wildman–Crippen MR) is 140 cm³/mol. The summed E-state index contributed by atoms with van der Waals surface area (Å²) in [5.74, 6) is -2.46. The molecule has 7 atom stereocenters. The third-order valence-corrected chi connectivity index (χ3v) is 10.5. The molecule has 0 aromatic rings. The van der Waals surface area contributed by atoms with Gasteiger partial charge in [-0.1, -0.05) is 55.7 Å². The zero-order valence-electron chi connectivity index (χ0n) is 22.8. The molecular weight excluding hydrogens is 456 g/mol. The van der Waals surface area contributed by atoms with E-state index in [9.17, 15) is 30.0 Å². The molecule has 0 amide bonds. The van der Waals surface area contributed by atoms with E-state index in [-0.39, 0.29) is 41.1 Å². The number of aliphatic hydroxyl groups excluding tert-OH is 2. The summed E-state index contributed by atoms with van der Waals surface area (Å²) < 4.78 is 0. The van der Waals surface area contributed by atoms with Crippen LogP contribution in [0.15, 0.2) is 34.9 Å². The number of aliphatic carboxylic acids is 2. The molecule has 0 aromatic carbocycles. The number of carboxylic acids is 2. The summed E-state index contributed by atoms with van der Waals surface area (Å²) in [6, 6.07) is 0. The minimum Gasteiger partial charge on any atom is -0.481 e. The van der Waals surface area contributed by atoms with Crippen molar-refractivity contribution in [2.75, 3.05) is 6.61 Å². The van der Waals surface area contributed by atoms with Gasteiger partial charge in [0.25, 0.3) is 0 Å². The lowest BCUT2D eigenvalue weighted by Gasteiger charge is -2.57. The fourth-order valence-corrected chi connectivity index (χ4v) is 8.45. The molecule has 0 unspecified atom stereocenters. The summed E-state index contributed by atoms with van der Waals surface area (Å²) in [6.07, 6.45) is 6.76. The molecule has 3 rings (SSSR count). The summed E-state index contributed by atoms with van der Waals surface area (Å²) in [5, 5.41) is 40.4. The molecule has 0 aromatic heterocycles. The van der Waals surface area contributed by atoms with Gasteiger partial charge in [-0.15, -0.1) is 0 Å².